The van der Waals surface area contributed by atoms with Crippen molar-refractivity contribution in [3.63, 3.8) is 0 Å². The number of morpholine rings is 1. The fourth-order valence-electron chi connectivity index (χ4n) is 4.68. The van der Waals surface area contributed by atoms with Gasteiger partial charge < -0.3 is 14.6 Å². The summed E-state index contributed by atoms with van der Waals surface area (Å²) < 4.78 is 5.55. The van der Waals surface area contributed by atoms with Crippen LogP contribution in [-0.4, -0.2) is 37.1 Å². The number of para-hydroxylation sites is 1. The Morgan fingerprint density at radius 1 is 1.12 bits per heavy atom. The van der Waals surface area contributed by atoms with E-state index in [2.05, 4.69) is 48.0 Å². The van der Waals surface area contributed by atoms with E-state index in [0.717, 1.165) is 60.1 Å². The summed E-state index contributed by atoms with van der Waals surface area (Å²) in [6, 6.07) is 10.6. The minimum absolute atomic E-state index is 0.0200. The van der Waals surface area contributed by atoms with Crippen molar-refractivity contribution in [3.8, 4) is 0 Å². The minimum atomic E-state index is 0.0200. The molecule has 2 aromatic carbocycles. The lowest BCUT2D eigenvalue weighted by molar-refractivity contribution is 0.0914. The molecule has 1 aromatic heterocycles. The van der Waals surface area contributed by atoms with Gasteiger partial charge in [-0.3, -0.25) is 4.79 Å². The van der Waals surface area contributed by atoms with Gasteiger partial charge in [-0.2, -0.15) is 0 Å². The summed E-state index contributed by atoms with van der Waals surface area (Å²) in [4.78, 5) is 19.1. The topological polar surface area (TPSA) is 45.3 Å². The molecule has 0 atom stereocenters. The Kier molecular flexibility index (Phi) is 3.41. The van der Waals surface area contributed by atoms with Crippen LogP contribution in [0.5, 0.6) is 0 Å². The maximum Gasteiger partial charge on any atom is 0.164 e. The average molecular weight is 348 g/mol. The average Bonchev–Trinajstić information content (AvgIpc) is 3.00. The molecule has 134 valence electrons. The first-order valence-corrected chi connectivity index (χ1v) is 9.46. The number of hydrogen-bond acceptors (Lipinski definition) is 3. The number of benzene rings is 2. The molecule has 5 rings (SSSR count). The van der Waals surface area contributed by atoms with E-state index in [-0.39, 0.29) is 11.2 Å². The Labute approximate surface area is 153 Å². The van der Waals surface area contributed by atoms with Gasteiger partial charge in [0.1, 0.15) is 0 Å². The number of hydrogen-bond donors (Lipinski definition) is 1. The molecule has 1 aliphatic heterocycles. The van der Waals surface area contributed by atoms with Crippen LogP contribution in [0, 0.1) is 5.41 Å². The standard InChI is InChI=1S/C22H24N2O2/c1-22(2)12-14-11-17(24-7-9-26-10-8-24)21-20(19(14)18(25)13-22)15-5-3-4-6-16(15)23-21/h3-6,11,23H,7-10,12-13H2,1-2H3. The predicted octanol–water partition coefficient (Wildman–Crippen LogP) is 4.31. The summed E-state index contributed by atoms with van der Waals surface area (Å²) in [5.74, 6) is 0.277. The number of ketones is 1. The number of fused-ring (bicyclic) bond motifs is 5. The number of carbonyl (C=O) groups is 1. The maximum absolute atomic E-state index is 13.1. The Morgan fingerprint density at radius 2 is 1.88 bits per heavy atom. The molecule has 3 aromatic rings. The van der Waals surface area contributed by atoms with E-state index < -0.39 is 0 Å². The van der Waals surface area contributed by atoms with Crippen LogP contribution in [-0.2, 0) is 11.2 Å². The van der Waals surface area contributed by atoms with Crippen LogP contribution >= 0.6 is 0 Å². The third kappa shape index (κ3) is 2.36. The van der Waals surface area contributed by atoms with Crippen molar-refractivity contribution in [2.45, 2.75) is 26.7 Å². The zero-order chi connectivity index (χ0) is 17.9. The Hall–Kier alpha value is -2.33. The highest BCUT2D eigenvalue weighted by Gasteiger charge is 2.34. The number of carbonyl (C=O) groups excluding carboxylic acids is 1. The number of anilines is 1. The van der Waals surface area contributed by atoms with Crippen LogP contribution in [0.3, 0.4) is 0 Å². The van der Waals surface area contributed by atoms with E-state index in [1.165, 1.54) is 11.3 Å². The van der Waals surface area contributed by atoms with Gasteiger partial charge in [-0.25, -0.2) is 0 Å². The number of Topliss-reactive ketones (excluding diaryl/α,β-unsaturated/α-hetero) is 1. The number of aromatic nitrogens is 1. The van der Waals surface area contributed by atoms with E-state index in [1.54, 1.807) is 0 Å². The summed E-state index contributed by atoms with van der Waals surface area (Å²) in [6.45, 7) is 7.68. The molecule has 0 spiro atoms. The van der Waals surface area contributed by atoms with Gasteiger partial charge in [-0.15, -0.1) is 0 Å². The first kappa shape index (κ1) is 15.9. The summed E-state index contributed by atoms with van der Waals surface area (Å²) >= 11 is 0. The molecule has 1 aliphatic carbocycles. The summed E-state index contributed by atoms with van der Waals surface area (Å²) in [7, 11) is 0. The molecule has 26 heavy (non-hydrogen) atoms. The highest BCUT2D eigenvalue weighted by Crippen LogP contribution is 2.43. The number of H-pyrrole nitrogens is 1. The zero-order valence-corrected chi connectivity index (χ0v) is 15.4. The van der Waals surface area contributed by atoms with E-state index in [0.29, 0.717) is 6.42 Å². The fraction of sp³-hybridized carbons (Fsp3) is 0.409. The molecule has 4 nitrogen and oxygen atoms in total. The lowest BCUT2D eigenvalue weighted by atomic mass is 9.72. The van der Waals surface area contributed by atoms with Gasteiger partial charge >= 0.3 is 0 Å². The third-order valence-corrected chi connectivity index (χ3v) is 5.78. The summed E-state index contributed by atoms with van der Waals surface area (Å²) in [5.41, 5.74) is 5.57. The first-order valence-electron chi connectivity index (χ1n) is 9.46. The van der Waals surface area contributed by atoms with E-state index in [4.69, 9.17) is 4.74 Å². The Bertz CT molecular complexity index is 1030. The van der Waals surface area contributed by atoms with E-state index in [9.17, 15) is 4.79 Å². The van der Waals surface area contributed by atoms with Gasteiger partial charge in [0, 0.05) is 41.4 Å². The van der Waals surface area contributed by atoms with Crippen LogP contribution in [0.1, 0.15) is 36.2 Å². The van der Waals surface area contributed by atoms with Crippen LogP contribution in [0.4, 0.5) is 5.69 Å². The molecule has 0 unspecified atom stereocenters. The van der Waals surface area contributed by atoms with Gasteiger partial charge in [0.25, 0.3) is 0 Å². The highest BCUT2D eigenvalue weighted by molar-refractivity contribution is 6.22. The van der Waals surface area contributed by atoms with Crippen molar-refractivity contribution < 1.29 is 9.53 Å². The molecular weight excluding hydrogens is 324 g/mol. The Balaban J connectivity index is 1.85. The monoisotopic (exact) mass is 348 g/mol. The molecule has 1 N–H and O–H groups in total. The molecule has 4 heteroatoms. The van der Waals surface area contributed by atoms with Crippen LogP contribution in [0.2, 0.25) is 0 Å². The van der Waals surface area contributed by atoms with E-state index in [1.807, 2.05) is 6.07 Å². The van der Waals surface area contributed by atoms with Crippen molar-refractivity contribution in [1.29, 1.82) is 0 Å². The largest absolute Gasteiger partial charge is 0.378 e. The van der Waals surface area contributed by atoms with Crippen LogP contribution in [0.25, 0.3) is 21.8 Å². The minimum Gasteiger partial charge on any atom is -0.378 e. The maximum atomic E-state index is 13.1. The highest BCUT2D eigenvalue weighted by atomic mass is 16.5. The van der Waals surface area contributed by atoms with Gasteiger partial charge in [-0.05, 0) is 29.5 Å². The van der Waals surface area contributed by atoms with E-state index >= 15 is 0 Å². The van der Waals surface area contributed by atoms with Crippen molar-refractivity contribution in [1.82, 2.24) is 4.98 Å². The second-order valence-corrected chi connectivity index (χ2v) is 8.39. The number of ether oxygens (including phenoxy) is 1. The normalized spacial score (nSPS) is 19.9. The third-order valence-electron chi connectivity index (χ3n) is 5.78. The zero-order valence-electron chi connectivity index (χ0n) is 15.4. The van der Waals surface area contributed by atoms with Crippen LogP contribution < -0.4 is 4.90 Å². The Morgan fingerprint density at radius 3 is 2.69 bits per heavy atom. The quantitative estimate of drug-likeness (QED) is 0.713. The van der Waals surface area contributed by atoms with Crippen molar-refractivity contribution in [2.75, 3.05) is 31.2 Å². The molecule has 0 bridgehead atoms. The molecule has 0 amide bonds. The number of nitrogens with zero attached hydrogens (tertiary/aromatic N) is 1. The molecule has 2 aliphatic rings. The number of aromatic amines is 1. The van der Waals surface area contributed by atoms with Crippen LogP contribution in [0.15, 0.2) is 30.3 Å². The summed E-state index contributed by atoms with van der Waals surface area (Å²) in [6.07, 6.45) is 1.56. The number of rotatable bonds is 1. The first-order chi connectivity index (χ1) is 12.5. The van der Waals surface area contributed by atoms with Gasteiger partial charge in [-0.1, -0.05) is 32.0 Å². The lowest BCUT2D eigenvalue weighted by Crippen LogP contribution is -2.37. The van der Waals surface area contributed by atoms with Crippen molar-refractivity contribution in [3.05, 3.63) is 41.5 Å². The van der Waals surface area contributed by atoms with Gasteiger partial charge in [0.2, 0.25) is 0 Å². The molecular formula is C22H24N2O2. The fourth-order valence-corrected chi connectivity index (χ4v) is 4.68. The molecule has 0 radical (unpaired) electrons. The molecule has 0 saturated carbocycles. The molecule has 2 heterocycles. The second kappa shape index (κ2) is 5.58. The van der Waals surface area contributed by atoms with Crippen molar-refractivity contribution in [2.24, 2.45) is 5.41 Å². The van der Waals surface area contributed by atoms with Gasteiger partial charge in [0.15, 0.2) is 5.78 Å². The second-order valence-electron chi connectivity index (χ2n) is 8.39. The lowest BCUT2D eigenvalue weighted by Gasteiger charge is -2.34. The summed E-state index contributed by atoms with van der Waals surface area (Å²) in [5, 5.41) is 2.27. The predicted molar refractivity (Wildman–Crippen MR) is 105 cm³/mol. The van der Waals surface area contributed by atoms with Gasteiger partial charge in [0.05, 0.1) is 24.4 Å². The SMILES string of the molecule is CC1(C)CC(=O)c2c(cc(N3CCOCC3)c3[nH]c4ccccc4c23)C1. The smallest absolute Gasteiger partial charge is 0.164 e. The molecule has 1 saturated heterocycles. The molecule has 1 fully saturated rings. The van der Waals surface area contributed by atoms with Crippen molar-refractivity contribution >= 4 is 33.3 Å². The number of nitrogens with one attached hydrogen (secondary N) is 1.